The number of rotatable bonds is 9. The van der Waals surface area contributed by atoms with Crippen molar-refractivity contribution in [2.45, 2.75) is 61.5 Å². The van der Waals surface area contributed by atoms with Crippen LogP contribution in [0.1, 0.15) is 55.0 Å². The van der Waals surface area contributed by atoms with Crippen molar-refractivity contribution >= 4 is 15.9 Å². The van der Waals surface area contributed by atoms with Crippen LogP contribution in [0.15, 0.2) is 65.8 Å². The fourth-order valence-electron chi connectivity index (χ4n) is 5.03. The summed E-state index contributed by atoms with van der Waals surface area (Å²) in [5.74, 6) is -1.20. The van der Waals surface area contributed by atoms with Crippen LogP contribution in [-0.4, -0.2) is 60.7 Å². The first-order chi connectivity index (χ1) is 20.1. The van der Waals surface area contributed by atoms with Gasteiger partial charge in [0.05, 0.1) is 10.5 Å². The molecule has 0 bridgehead atoms. The summed E-state index contributed by atoms with van der Waals surface area (Å²) in [6.07, 6.45) is 0.700. The smallest absolute Gasteiger partial charge is 0.416 e. The minimum atomic E-state index is -4.44. The lowest BCUT2D eigenvalue weighted by Crippen LogP contribution is -2.42. The van der Waals surface area contributed by atoms with E-state index in [1.165, 1.54) is 28.7 Å². The van der Waals surface area contributed by atoms with Crippen molar-refractivity contribution < 1.29 is 40.7 Å². The SMILES string of the molecule is O=C(NOC1CCCCO1)C(c1ncc[nH]1)c1ccccc1S(=O)(=O)N1CCC(Oc2ccc(C(F)(F)F)cc2)CC1. The van der Waals surface area contributed by atoms with E-state index in [-0.39, 0.29) is 41.2 Å². The maximum absolute atomic E-state index is 13.9. The van der Waals surface area contributed by atoms with Gasteiger partial charge in [-0.05, 0) is 61.6 Å². The highest BCUT2D eigenvalue weighted by Gasteiger charge is 2.36. The van der Waals surface area contributed by atoms with Crippen molar-refractivity contribution in [3.63, 3.8) is 0 Å². The molecule has 226 valence electrons. The molecule has 2 saturated heterocycles. The van der Waals surface area contributed by atoms with Crippen molar-refractivity contribution in [1.29, 1.82) is 0 Å². The largest absolute Gasteiger partial charge is 0.490 e. The Morgan fingerprint density at radius 2 is 1.81 bits per heavy atom. The normalized spacial score (nSPS) is 19.7. The number of ether oxygens (including phenoxy) is 2. The molecule has 2 N–H and O–H groups in total. The van der Waals surface area contributed by atoms with E-state index in [4.69, 9.17) is 14.3 Å². The Kier molecular flexibility index (Phi) is 9.16. The van der Waals surface area contributed by atoms with E-state index in [1.807, 2.05) is 0 Å². The summed E-state index contributed by atoms with van der Waals surface area (Å²) < 4.78 is 79.0. The van der Waals surface area contributed by atoms with E-state index >= 15 is 0 Å². The molecular weight excluding hydrogens is 577 g/mol. The molecule has 1 aromatic heterocycles. The molecule has 10 nitrogen and oxygen atoms in total. The Hall–Kier alpha value is -3.46. The summed E-state index contributed by atoms with van der Waals surface area (Å²) in [6.45, 7) is 0.777. The van der Waals surface area contributed by atoms with Gasteiger partial charge in [-0.3, -0.25) is 4.79 Å². The number of carbonyl (C=O) groups is 1. The molecular formula is C28H31F3N4O6S. The summed E-state index contributed by atoms with van der Waals surface area (Å²) in [5, 5.41) is 0. The van der Waals surface area contributed by atoms with Gasteiger partial charge in [0.15, 0.2) is 6.29 Å². The molecule has 2 aliphatic rings. The monoisotopic (exact) mass is 608 g/mol. The number of halogens is 3. The lowest BCUT2D eigenvalue weighted by molar-refractivity contribution is -0.200. The Morgan fingerprint density at radius 1 is 1.07 bits per heavy atom. The number of H-pyrrole nitrogens is 1. The second-order valence-corrected chi connectivity index (χ2v) is 12.0. The molecule has 2 unspecified atom stereocenters. The number of piperidine rings is 1. The van der Waals surface area contributed by atoms with Crippen LogP contribution in [0.25, 0.3) is 0 Å². The fourth-order valence-corrected chi connectivity index (χ4v) is 6.74. The number of aromatic nitrogens is 2. The number of amides is 1. The van der Waals surface area contributed by atoms with Crippen LogP contribution in [-0.2, 0) is 30.6 Å². The lowest BCUT2D eigenvalue weighted by Gasteiger charge is -2.32. The van der Waals surface area contributed by atoms with Crippen LogP contribution in [0.2, 0.25) is 0 Å². The molecule has 2 aliphatic heterocycles. The van der Waals surface area contributed by atoms with E-state index in [2.05, 4.69) is 15.4 Å². The molecule has 3 aromatic rings. The van der Waals surface area contributed by atoms with Gasteiger partial charge in [-0.15, -0.1) is 0 Å². The third-order valence-electron chi connectivity index (χ3n) is 7.22. The zero-order valence-corrected chi connectivity index (χ0v) is 23.4. The first kappa shape index (κ1) is 30.0. The van der Waals surface area contributed by atoms with Crippen LogP contribution >= 0.6 is 0 Å². The Bertz CT molecular complexity index is 1440. The number of aromatic amines is 1. The van der Waals surface area contributed by atoms with Crippen molar-refractivity contribution in [3.05, 3.63) is 77.9 Å². The Labute approximate surface area is 241 Å². The van der Waals surface area contributed by atoms with Gasteiger partial charge in [0.1, 0.15) is 23.6 Å². The zero-order chi connectivity index (χ0) is 29.7. The van der Waals surface area contributed by atoms with Crippen molar-refractivity contribution in [2.24, 2.45) is 0 Å². The summed E-state index contributed by atoms with van der Waals surface area (Å²) in [7, 11) is -4.05. The number of nitrogens with zero attached hydrogens (tertiary/aromatic N) is 2. The van der Waals surface area contributed by atoms with Gasteiger partial charge in [-0.2, -0.15) is 17.5 Å². The van der Waals surface area contributed by atoms with Crippen LogP contribution in [0.3, 0.4) is 0 Å². The number of hydroxylamine groups is 1. The lowest BCUT2D eigenvalue weighted by atomic mass is 9.97. The van der Waals surface area contributed by atoms with Crippen molar-refractivity contribution in [2.75, 3.05) is 19.7 Å². The number of sulfonamides is 1. The van der Waals surface area contributed by atoms with Crippen LogP contribution in [0.5, 0.6) is 5.75 Å². The van der Waals surface area contributed by atoms with Crippen LogP contribution in [0, 0.1) is 0 Å². The van der Waals surface area contributed by atoms with E-state index < -0.39 is 39.9 Å². The minimum absolute atomic E-state index is 0.0439. The average molecular weight is 609 g/mol. The molecule has 2 fully saturated rings. The highest BCUT2D eigenvalue weighted by Crippen LogP contribution is 2.33. The number of hydrogen-bond acceptors (Lipinski definition) is 7. The van der Waals surface area contributed by atoms with Gasteiger partial charge >= 0.3 is 6.18 Å². The number of benzene rings is 2. The Balaban J connectivity index is 1.29. The van der Waals surface area contributed by atoms with E-state index in [9.17, 15) is 26.4 Å². The molecule has 2 atom stereocenters. The topological polar surface area (TPSA) is 123 Å². The summed E-state index contributed by atoms with van der Waals surface area (Å²) in [4.78, 5) is 26.0. The van der Waals surface area contributed by atoms with Crippen LogP contribution in [0.4, 0.5) is 13.2 Å². The molecule has 0 radical (unpaired) electrons. The first-order valence-corrected chi connectivity index (χ1v) is 15.1. The molecule has 3 heterocycles. The maximum Gasteiger partial charge on any atom is 0.416 e. The summed E-state index contributed by atoms with van der Waals surface area (Å²) in [6, 6.07) is 10.7. The minimum Gasteiger partial charge on any atom is -0.490 e. The third kappa shape index (κ3) is 6.94. The molecule has 14 heteroatoms. The van der Waals surface area contributed by atoms with Gasteiger partial charge in [-0.25, -0.2) is 23.7 Å². The number of nitrogens with one attached hydrogen (secondary N) is 2. The highest BCUT2D eigenvalue weighted by molar-refractivity contribution is 7.89. The quantitative estimate of drug-likeness (QED) is 0.346. The standard InChI is InChI=1S/C28H31F3N4O6S/c29-28(30,31)19-8-10-20(11-9-19)40-21-12-16-35(17-13-21)42(37,38)23-6-2-1-5-22(23)25(26-32-14-15-33-26)27(36)34-41-24-7-3-4-18-39-24/h1-2,5-6,8-11,14-15,21,24-25H,3-4,7,12-13,16-18H2,(H,32,33)(H,34,36). The van der Waals surface area contributed by atoms with Crippen molar-refractivity contribution in [3.8, 4) is 5.75 Å². The van der Waals surface area contributed by atoms with E-state index in [1.54, 1.807) is 24.4 Å². The summed E-state index contributed by atoms with van der Waals surface area (Å²) >= 11 is 0. The number of alkyl halides is 3. The Morgan fingerprint density at radius 3 is 2.45 bits per heavy atom. The predicted octanol–water partition coefficient (Wildman–Crippen LogP) is 4.37. The highest BCUT2D eigenvalue weighted by atomic mass is 32.2. The van der Waals surface area contributed by atoms with Gasteiger partial charge < -0.3 is 14.5 Å². The molecule has 0 spiro atoms. The number of hydrogen-bond donors (Lipinski definition) is 2. The van der Waals surface area contributed by atoms with E-state index in [0.717, 1.165) is 25.0 Å². The van der Waals surface area contributed by atoms with E-state index in [0.29, 0.717) is 25.9 Å². The van der Waals surface area contributed by atoms with Gasteiger partial charge in [-0.1, -0.05) is 18.2 Å². The molecule has 5 rings (SSSR count). The van der Waals surface area contributed by atoms with Gasteiger partial charge in [0, 0.05) is 38.5 Å². The second kappa shape index (κ2) is 12.8. The first-order valence-electron chi connectivity index (χ1n) is 13.6. The average Bonchev–Trinajstić information content (AvgIpc) is 3.51. The van der Waals surface area contributed by atoms with Crippen LogP contribution < -0.4 is 10.2 Å². The molecule has 2 aromatic carbocycles. The molecule has 42 heavy (non-hydrogen) atoms. The predicted molar refractivity (Wildman–Crippen MR) is 144 cm³/mol. The van der Waals surface area contributed by atoms with Gasteiger partial charge in [0.25, 0.3) is 5.91 Å². The maximum atomic E-state index is 13.9. The summed E-state index contributed by atoms with van der Waals surface area (Å²) in [5.41, 5.74) is 1.88. The number of carbonyl (C=O) groups excluding carboxylic acids is 1. The van der Waals surface area contributed by atoms with Crippen molar-refractivity contribution in [1.82, 2.24) is 19.8 Å². The molecule has 0 aliphatic carbocycles. The third-order valence-corrected chi connectivity index (χ3v) is 9.19. The molecule has 1 amide bonds. The molecule has 0 saturated carbocycles. The zero-order valence-electron chi connectivity index (χ0n) is 22.5. The fraction of sp³-hybridized carbons (Fsp3) is 0.429. The number of imidazole rings is 1. The second-order valence-electron chi connectivity index (χ2n) is 10.1. The van der Waals surface area contributed by atoms with Gasteiger partial charge in [0.2, 0.25) is 10.0 Å².